The Morgan fingerprint density at radius 3 is 2.50 bits per heavy atom. The lowest BCUT2D eigenvalue weighted by atomic mass is 10.0. The first-order valence-corrected chi connectivity index (χ1v) is 7.98. The first-order chi connectivity index (χ1) is 9.77. The van der Waals surface area contributed by atoms with Gasteiger partial charge in [0.1, 0.15) is 5.75 Å². The van der Waals surface area contributed by atoms with E-state index in [0.29, 0.717) is 5.02 Å². The number of para-hydroxylation sites is 1. The van der Waals surface area contributed by atoms with Crippen LogP contribution in [-0.2, 0) is 0 Å². The number of benzene rings is 1. The molecule has 1 saturated heterocycles. The monoisotopic (exact) mass is 380 g/mol. The zero-order valence-corrected chi connectivity index (χ0v) is 15.1. The number of phenols is 1. The van der Waals surface area contributed by atoms with E-state index in [1.165, 1.54) is 4.88 Å². The van der Waals surface area contributed by atoms with Crippen molar-refractivity contribution >= 4 is 47.8 Å². The van der Waals surface area contributed by atoms with Gasteiger partial charge in [-0.3, -0.25) is 4.90 Å². The van der Waals surface area contributed by atoms with Crippen molar-refractivity contribution in [2.75, 3.05) is 26.2 Å². The summed E-state index contributed by atoms with van der Waals surface area (Å²) in [5.41, 5.74) is 0.891. The summed E-state index contributed by atoms with van der Waals surface area (Å²) in [5.74, 6) is 0.200. The first kappa shape index (κ1) is 19.6. The van der Waals surface area contributed by atoms with Crippen molar-refractivity contribution in [1.82, 2.24) is 10.2 Å². The van der Waals surface area contributed by atoms with Gasteiger partial charge in [-0.2, -0.15) is 0 Å². The molecule has 1 aliphatic heterocycles. The standard InChI is InChI=1S/C15H17ClN2OS.2ClH/c16-12-4-1-3-11(15(12)19)14(13-5-2-10-20-13)18-8-6-17-7-9-18;;/h1-5,10,14,17,19H,6-9H2;2*1H/t14-;;/m1../s1. The number of nitrogens with one attached hydrogen (secondary N) is 1. The molecule has 3 nitrogen and oxygen atoms in total. The molecule has 22 heavy (non-hydrogen) atoms. The maximum atomic E-state index is 10.3. The topological polar surface area (TPSA) is 35.5 Å². The SMILES string of the molecule is Cl.Cl.Oc1c(Cl)cccc1[C@H](c1cccs1)N1CCNCC1. The minimum absolute atomic E-state index is 0. The molecule has 0 unspecified atom stereocenters. The lowest BCUT2D eigenvalue weighted by Crippen LogP contribution is -2.45. The fraction of sp³-hybridized carbons (Fsp3) is 0.333. The molecule has 1 fully saturated rings. The molecule has 7 heteroatoms. The van der Waals surface area contributed by atoms with Crippen LogP contribution in [0, 0.1) is 0 Å². The Bertz CT molecular complexity index is 574. The van der Waals surface area contributed by atoms with Gasteiger partial charge in [-0.1, -0.05) is 29.8 Å². The normalized spacial score (nSPS) is 16.4. The maximum absolute atomic E-state index is 10.3. The Labute approximate surface area is 152 Å². The van der Waals surface area contributed by atoms with E-state index in [1.807, 2.05) is 12.1 Å². The van der Waals surface area contributed by atoms with E-state index in [2.05, 4.69) is 27.7 Å². The molecule has 0 bridgehead atoms. The molecular weight excluding hydrogens is 363 g/mol. The number of rotatable bonds is 3. The average Bonchev–Trinajstić information content (AvgIpc) is 2.99. The van der Waals surface area contributed by atoms with Crippen LogP contribution in [0.4, 0.5) is 0 Å². The number of thiophene rings is 1. The minimum atomic E-state index is 0. The highest BCUT2D eigenvalue weighted by Crippen LogP contribution is 2.39. The fourth-order valence-electron chi connectivity index (χ4n) is 2.67. The largest absolute Gasteiger partial charge is 0.506 e. The van der Waals surface area contributed by atoms with Crippen LogP contribution >= 0.6 is 47.8 Å². The van der Waals surface area contributed by atoms with E-state index >= 15 is 0 Å². The number of nitrogens with zero attached hydrogens (tertiary/aromatic N) is 1. The number of aromatic hydroxyl groups is 1. The van der Waals surface area contributed by atoms with Gasteiger partial charge in [0.15, 0.2) is 0 Å². The van der Waals surface area contributed by atoms with Crippen LogP contribution in [0.2, 0.25) is 5.02 Å². The van der Waals surface area contributed by atoms with Crippen molar-refractivity contribution in [1.29, 1.82) is 0 Å². The fourth-order valence-corrected chi connectivity index (χ4v) is 3.73. The molecular formula is C15H19Cl3N2OS. The summed E-state index contributed by atoms with van der Waals surface area (Å²) in [4.78, 5) is 3.64. The van der Waals surface area contributed by atoms with Gasteiger partial charge in [0, 0.05) is 36.6 Å². The van der Waals surface area contributed by atoms with Crippen LogP contribution in [0.25, 0.3) is 0 Å². The molecule has 1 aliphatic rings. The summed E-state index contributed by atoms with van der Waals surface area (Å²) in [5, 5.41) is 16.2. The van der Waals surface area contributed by atoms with E-state index in [4.69, 9.17) is 11.6 Å². The second-order valence-corrected chi connectivity index (χ2v) is 6.27. The highest BCUT2D eigenvalue weighted by molar-refractivity contribution is 7.10. The quantitative estimate of drug-likeness (QED) is 0.845. The molecule has 0 aliphatic carbocycles. The van der Waals surface area contributed by atoms with Crippen molar-refractivity contribution in [3.8, 4) is 5.75 Å². The number of phenolic OH excluding ortho intramolecular Hbond substituents is 1. The summed E-state index contributed by atoms with van der Waals surface area (Å²) in [7, 11) is 0. The lowest BCUT2D eigenvalue weighted by Gasteiger charge is -2.35. The number of piperazine rings is 1. The highest BCUT2D eigenvalue weighted by Gasteiger charge is 2.27. The minimum Gasteiger partial charge on any atom is -0.506 e. The molecule has 0 radical (unpaired) electrons. The molecule has 1 aromatic heterocycles. The van der Waals surface area contributed by atoms with Crippen LogP contribution in [0.5, 0.6) is 5.75 Å². The Morgan fingerprint density at radius 1 is 1.14 bits per heavy atom. The second kappa shape index (κ2) is 8.96. The van der Waals surface area contributed by atoms with Crippen LogP contribution in [-0.4, -0.2) is 36.2 Å². The summed E-state index contributed by atoms with van der Waals surface area (Å²) in [6.45, 7) is 3.88. The summed E-state index contributed by atoms with van der Waals surface area (Å²) in [6.07, 6.45) is 0. The van der Waals surface area contributed by atoms with Gasteiger partial charge in [-0.15, -0.1) is 36.2 Å². The summed E-state index contributed by atoms with van der Waals surface area (Å²) >= 11 is 7.80. The molecule has 3 rings (SSSR count). The third kappa shape index (κ3) is 4.07. The Balaban J connectivity index is 0.00000121. The predicted molar refractivity (Wildman–Crippen MR) is 98.2 cm³/mol. The maximum Gasteiger partial charge on any atom is 0.139 e. The Morgan fingerprint density at radius 2 is 1.86 bits per heavy atom. The van der Waals surface area contributed by atoms with Crippen molar-refractivity contribution in [2.24, 2.45) is 0 Å². The zero-order valence-electron chi connectivity index (χ0n) is 11.9. The van der Waals surface area contributed by atoms with Gasteiger partial charge >= 0.3 is 0 Å². The zero-order chi connectivity index (χ0) is 13.9. The molecule has 1 aromatic carbocycles. The van der Waals surface area contributed by atoms with E-state index < -0.39 is 0 Å². The van der Waals surface area contributed by atoms with Gasteiger partial charge in [-0.25, -0.2) is 0 Å². The molecule has 2 aromatic rings. The molecule has 0 spiro atoms. The lowest BCUT2D eigenvalue weighted by molar-refractivity contribution is 0.198. The number of hydrogen-bond acceptors (Lipinski definition) is 4. The molecule has 0 amide bonds. The Kier molecular flexibility index (Phi) is 7.97. The summed E-state index contributed by atoms with van der Waals surface area (Å²) in [6, 6.07) is 9.85. The van der Waals surface area contributed by atoms with Crippen LogP contribution < -0.4 is 5.32 Å². The van der Waals surface area contributed by atoms with Crippen molar-refractivity contribution in [3.63, 3.8) is 0 Å². The smallest absolute Gasteiger partial charge is 0.139 e. The molecule has 0 saturated carbocycles. The van der Waals surface area contributed by atoms with Gasteiger partial charge in [0.2, 0.25) is 0 Å². The summed E-state index contributed by atoms with van der Waals surface area (Å²) < 4.78 is 0. The van der Waals surface area contributed by atoms with Gasteiger partial charge in [0.25, 0.3) is 0 Å². The van der Waals surface area contributed by atoms with Crippen LogP contribution in [0.1, 0.15) is 16.5 Å². The predicted octanol–water partition coefficient (Wildman–Crippen LogP) is 3.95. The van der Waals surface area contributed by atoms with E-state index in [1.54, 1.807) is 17.4 Å². The van der Waals surface area contributed by atoms with Crippen molar-refractivity contribution in [3.05, 3.63) is 51.2 Å². The van der Waals surface area contributed by atoms with E-state index in [9.17, 15) is 5.11 Å². The molecule has 122 valence electrons. The first-order valence-electron chi connectivity index (χ1n) is 6.73. The van der Waals surface area contributed by atoms with Crippen LogP contribution in [0.15, 0.2) is 35.7 Å². The third-order valence-corrected chi connectivity index (χ3v) is 4.87. The van der Waals surface area contributed by atoms with Crippen LogP contribution in [0.3, 0.4) is 0 Å². The highest BCUT2D eigenvalue weighted by atomic mass is 35.5. The van der Waals surface area contributed by atoms with E-state index in [-0.39, 0.29) is 36.6 Å². The van der Waals surface area contributed by atoms with Crippen molar-refractivity contribution in [2.45, 2.75) is 6.04 Å². The molecule has 2 heterocycles. The molecule has 1 atom stereocenters. The van der Waals surface area contributed by atoms with Gasteiger partial charge in [-0.05, 0) is 17.5 Å². The van der Waals surface area contributed by atoms with Gasteiger partial charge < -0.3 is 10.4 Å². The van der Waals surface area contributed by atoms with Gasteiger partial charge in [0.05, 0.1) is 11.1 Å². The third-order valence-electron chi connectivity index (χ3n) is 3.64. The molecule has 2 N–H and O–H groups in total. The Hall–Kier alpha value is -0.490. The number of halogens is 3. The van der Waals surface area contributed by atoms with E-state index in [0.717, 1.165) is 31.7 Å². The number of hydrogen-bond donors (Lipinski definition) is 2. The van der Waals surface area contributed by atoms with Crippen molar-refractivity contribution < 1.29 is 5.11 Å². The average molecular weight is 382 g/mol. The second-order valence-electron chi connectivity index (χ2n) is 4.88.